The van der Waals surface area contributed by atoms with Crippen molar-refractivity contribution in [2.45, 2.75) is 20.3 Å². The number of aromatic nitrogens is 3. The molecule has 160 valence electrons. The molecule has 0 radical (unpaired) electrons. The second kappa shape index (κ2) is 9.62. The Labute approximate surface area is 185 Å². The molecule has 0 spiro atoms. The molecule has 2 aromatic heterocycles. The van der Waals surface area contributed by atoms with Crippen molar-refractivity contribution in [2.24, 2.45) is 5.10 Å². The molecule has 0 aliphatic rings. The van der Waals surface area contributed by atoms with Crippen LogP contribution in [0.1, 0.15) is 30.5 Å². The van der Waals surface area contributed by atoms with Gasteiger partial charge in [0.1, 0.15) is 17.5 Å². The summed E-state index contributed by atoms with van der Waals surface area (Å²) in [6, 6.07) is 19.6. The van der Waals surface area contributed by atoms with Gasteiger partial charge >= 0.3 is 0 Å². The smallest absolute Gasteiger partial charge is 0.252 e. The number of nitrogens with one attached hydrogen (secondary N) is 1. The lowest BCUT2D eigenvalue weighted by atomic mass is 10.1. The zero-order valence-corrected chi connectivity index (χ0v) is 17.8. The second-order valence-corrected chi connectivity index (χ2v) is 6.98. The standard InChI is InChI=1S/C24H22N6O2/c1-3-13-31-21-11-9-18(10-12-21)23-19(16-30(29-23)20-7-5-4-6-8-20)15-26-28-24-22(14-25)27-17(2)32-24/h4-12,15-16,28H,3,13H2,1-2H3. The number of rotatable bonds is 8. The van der Waals surface area contributed by atoms with Gasteiger partial charge < -0.3 is 9.15 Å². The van der Waals surface area contributed by atoms with E-state index in [9.17, 15) is 0 Å². The average Bonchev–Trinajstić information content (AvgIpc) is 3.42. The summed E-state index contributed by atoms with van der Waals surface area (Å²) in [6.45, 7) is 4.42. The van der Waals surface area contributed by atoms with Crippen molar-refractivity contribution < 1.29 is 9.15 Å². The summed E-state index contributed by atoms with van der Waals surface area (Å²) in [7, 11) is 0. The van der Waals surface area contributed by atoms with E-state index in [-0.39, 0.29) is 11.6 Å². The number of ether oxygens (including phenoxy) is 1. The van der Waals surface area contributed by atoms with E-state index >= 15 is 0 Å². The Kier molecular flexibility index (Phi) is 6.28. The highest BCUT2D eigenvalue weighted by molar-refractivity contribution is 5.89. The van der Waals surface area contributed by atoms with Crippen molar-refractivity contribution in [1.29, 1.82) is 5.26 Å². The van der Waals surface area contributed by atoms with Crippen molar-refractivity contribution in [3.63, 3.8) is 0 Å². The molecule has 4 rings (SSSR count). The molecule has 1 N–H and O–H groups in total. The van der Waals surface area contributed by atoms with Crippen molar-refractivity contribution in [3.8, 4) is 28.8 Å². The first-order valence-corrected chi connectivity index (χ1v) is 10.2. The summed E-state index contributed by atoms with van der Waals surface area (Å²) >= 11 is 0. The van der Waals surface area contributed by atoms with Crippen LogP contribution in [0.25, 0.3) is 16.9 Å². The fraction of sp³-hybridized carbons (Fsp3) is 0.167. The monoisotopic (exact) mass is 426 g/mol. The predicted molar refractivity (Wildman–Crippen MR) is 122 cm³/mol. The Hall–Kier alpha value is -4.38. The van der Waals surface area contributed by atoms with Crippen LogP contribution in [0.4, 0.5) is 5.88 Å². The molecule has 0 atom stereocenters. The lowest BCUT2D eigenvalue weighted by Crippen LogP contribution is -1.95. The third kappa shape index (κ3) is 4.68. The summed E-state index contributed by atoms with van der Waals surface area (Å²) in [6.07, 6.45) is 4.49. The molecule has 0 fully saturated rings. The molecule has 8 heteroatoms. The van der Waals surface area contributed by atoms with E-state index in [1.165, 1.54) is 0 Å². The highest BCUT2D eigenvalue weighted by Gasteiger charge is 2.13. The van der Waals surface area contributed by atoms with Gasteiger partial charge in [-0.05, 0) is 42.8 Å². The molecule has 4 aromatic rings. The summed E-state index contributed by atoms with van der Waals surface area (Å²) in [5.74, 6) is 1.41. The average molecular weight is 426 g/mol. The SMILES string of the molecule is CCCOc1ccc(-c2nn(-c3ccccc3)cc2C=NNc2oc(C)nc2C#N)cc1. The number of hydrogen-bond acceptors (Lipinski definition) is 7. The first-order chi connectivity index (χ1) is 15.7. The van der Waals surface area contributed by atoms with Gasteiger partial charge in [-0.2, -0.15) is 15.5 Å². The lowest BCUT2D eigenvalue weighted by molar-refractivity contribution is 0.317. The maximum absolute atomic E-state index is 9.16. The van der Waals surface area contributed by atoms with Crippen LogP contribution in [0.15, 0.2) is 70.3 Å². The third-order valence-corrected chi connectivity index (χ3v) is 4.57. The van der Waals surface area contributed by atoms with E-state index in [4.69, 9.17) is 19.5 Å². The quantitative estimate of drug-likeness (QED) is 0.316. The number of oxazole rings is 1. The molecule has 0 bridgehead atoms. The van der Waals surface area contributed by atoms with Crippen molar-refractivity contribution in [3.05, 3.63) is 77.9 Å². The minimum atomic E-state index is 0.155. The summed E-state index contributed by atoms with van der Waals surface area (Å²) in [5.41, 5.74) is 6.32. The molecule has 8 nitrogen and oxygen atoms in total. The highest BCUT2D eigenvalue weighted by Crippen LogP contribution is 2.25. The van der Waals surface area contributed by atoms with Gasteiger partial charge in [0.15, 0.2) is 5.89 Å². The normalized spacial score (nSPS) is 10.9. The number of hydrogen-bond donors (Lipinski definition) is 1. The van der Waals surface area contributed by atoms with Gasteiger partial charge in [0, 0.05) is 24.2 Å². The Morgan fingerprint density at radius 3 is 2.69 bits per heavy atom. The van der Waals surface area contributed by atoms with Crippen LogP contribution in [0.3, 0.4) is 0 Å². The van der Waals surface area contributed by atoms with Crippen LogP contribution < -0.4 is 10.2 Å². The summed E-state index contributed by atoms with van der Waals surface area (Å²) < 4.78 is 12.9. The molecule has 0 saturated heterocycles. The molecule has 2 aromatic carbocycles. The Bertz CT molecular complexity index is 1250. The molecule has 32 heavy (non-hydrogen) atoms. The lowest BCUT2D eigenvalue weighted by Gasteiger charge is -2.05. The van der Waals surface area contributed by atoms with Gasteiger partial charge in [-0.3, -0.25) is 0 Å². The van der Waals surface area contributed by atoms with E-state index in [2.05, 4.69) is 22.4 Å². The van der Waals surface area contributed by atoms with Crippen LogP contribution in [0, 0.1) is 18.3 Å². The van der Waals surface area contributed by atoms with Gasteiger partial charge in [-0.25, -0.2) is 15.1 Å². The largest absolute Gasteiger partial charge is 0.494 e. The number of para-hydroxylation sites is 1. The highest BCUT2D eigenvalue weighted by atomic mass is 16.5. The first kappa shape index (κ1) is 20.9. The molecule has 0 amide bonds. The zero-order valence-electron chi connectivity index (χ0n) is 17.8. The topological polar surface area (TPSA) is 101 Å². The van der Waals surface area contributed by atoms with E-state index in [0.29, 0.717) is 12.5 Å². The molecule has 0 saturated carbocycles. The van der Waals surface area contributed by atoms with Gasteiger partial charge in [-0.15, -0.1) is 0 Å². The minimum absolute atomic E-state index is 0.155. The summed E-state index contributed by atoms with van der Waals surface area (Å²) in [4.78, 5) is 4.00. The molecular formula is C24H22N6O2. The Morgan fingerprint density at radius 2 is 1.97 bits per heavy atom. The fourth-order valence-electron chi connectivity index (χ4n) is 3.09. The minimum Gasteiger partial charge on any atom is -0.494 e. The Morgan fingerprint density at radius 1 is 1.19 bits per heavy atom. The van der Waals surface area contributed by atoms with Crippen molar-refractivity contribution in [1.82, 2.24) is 14.8 Å². The molecule has 0 aliphatic heterocycles. The molecule has 0 unspecified atom stereocenters. The summed E-state index contributed by atoms with van der Waals surface area (Å²) in [5, 5.41) is 18.2. The maximum atomic E-state index is 9.16. The van der Waals surface area contributed by atoms with Gasteiger partial charge in [0.2, 0.25) is 5.69 Å². The first-order valence-electron chi connectivity index (χ1n) is 10.2. The number of hydrazone groups is 1. The fourth-order valence-corrected chi connectivity index (χ4v) is 3.09. The molecule has 0 aliphatic carbocycles. The van der Waals surface area contributed by atoms with Crippen molar-refractivity contribution >= 4 is 12.1 Å². The van der Waals surface area contributed by atoms with E-state index in [0.717, 1.165) is 34.7 Å². The molecule has 2 heterocycles. The van der Waals surface area contributed by atoms with Crippen LogP contribution in [-0.2, 0) is 0 Å². The number of nitriles is 1. The van der Waals surface area contributed by atoms with Crippen LogP contribution in [0.5, 0.6) is 5.75 Å². The van der Waals surface area contributed by atoms with Crippen molar-refractivity contribution in [2.75, 3.05) is 12.0 Å². The zero-order chi connectivity index (χ0) is 22.3. The van der Waals surface area contributed by atoms with Gasteiger partial charge in [0.05, 0.1) is 18.5 Å². The number of nitrogens with zero attached hydrogens (tertiary/aromatic N) is 5. The van der Waals surface area contributed by atoms with Gasteiger partial charge in [-0.1, -0.05) is 25.1 Å². The second-order valence-electron chi connectivity index (χ2n) is 6.98. The van der Waals surface area contributed by atoms with E-state index in [1.54, 1.807) is 17.8 Å². The van der Waals surface area contributed by atoms with Crippen LogP contribution in [0.2, 0.25) is 0 Å². The molecular weight excluding hydrogens is 404 g/mol. The number of anilines is 1. The van der Waals surface area contributed by atoms with E-state index < -0.39 is 0 Å². The maximum Gasteiger partial charge on any atom is 0.252 e. The van der Waals surface area contributed by atoms with Crippen LogP contribution in [-0.4, -0.2) is 27.6 Å². The van der Waals surface area contributed by atoms with Crippen LogP contribution >= 0.6 is 0 Å². The number of aryl methyl sites for hydroxylation is 1. The Balaban J connectivity index is 1.65. The van der Waals surface area contributed by atoms with Gasteiger partial charge in [0.25, 0.3) is 5.88 Å². The number of benzene rings is 2. The predicted octanol–water partition coefficient (Wildman–Crippen LogP) is 4.94. The third-order valence-electron chi connectivity index (χ3n) is 4.57. The van der Waals surface area contributed by atoms with E-state index in [1.807, 2.05) is 66.9 Å².